The van der Waals surface area contributed by atoms with Crippen molar-refractivity contribution in [1.82, 2.24) is 4.90 Å². The Kier molecular flexibility index (Phi) is 5.19. The van der Waals surface area contributed by atoms with Gasteiger partial charge in [-0.05, 0) is 36.6 Å². The first kappa shape index (κ1) is 18.3. The molecule has 0 saturated carbocycles. The zero-order chi connectivity index (χ0) is 19.5. The molecule has 0 bridgehead atoms. The van der Waals surface area contributed by atoms with Crippen LogP contribution in [-0.2, 0) is 9.63 Å². The highest BCUT2D eigenvalue weighted by Crippen LogP contribution is 2.40. The van der Waals surface area contributed by atoms with Gasteiger partial charge in [-0.3, -0.25) is 4.79 Å². The minimum atomic E-state index is -0.201. The summed E-state index contributed by atoms with van der Waals surface area (Å²) in [6, 6.07) is 15.5. The summed E-state index contributed by atoms with van der Waals surface area (Å²) >= 11 is 0. The first-order valence-corrected chi connectivity index (χ1v) is 9.51. The number of carbonyl (C=O) groups excluding carboxylic acids is 1. The number of oxime groups is 1. The summed E-state index contributed by atoms with van der Waals surface area (Å²) in [6.45, 7) is 0.693. The molecule has 6 nitrogen and oxygen atoms in total. The van der Waals surface area contributed by atoms with E-state index in [1.54, 1.807) is 14.2 Å². The van der Waals surface area contributed by atoms with E-state index in [-0.39, 0.29) is 18.1 Å². The number of likely N-dealkylation sites (tertiary alicyclic amines) is 1. The van der Waals surface area contributed by atoms with Crippen LogP contribution in [0.2, 0.25) is 0 Å². The molecule has 146 valence electrons. The molecule has 1 saturated heterocycles. The van der Waals surface area contributed by atoms with E-state index < -0.39 is 0 Å². The van der Waals surface area contributed by atoms with Crippen molar-refractivity contribution in [3.63, 3.8) is 0 Å². The highest BCUT2D eigenvalue weighted by atomic mass is 16.6. The number of hydrogen-bond donors (Lipinski definition) is 0. The summed E-state index contributed by atoms with van der Waals surface area (Å²) in [4.78, 5) is 20.6. The van der Waals surface area contributed by atoms with E-state index in [1.165, 1.54) is 0 Å². The number of benzene rings is 2. The molecule has 28 heavy (non-hydrogen) atoms. The monoisotopic (exact) mass is 380 g/mol. The van der Waals surface area contributed by atoms with Gasteiger partial charge in [0.1, 0.15) is 17.2 Å². The number of hydrogen-bond acceptors (Lipinski definition) is 5. The fourth-order valence-electron chi connectivity index (χ4n) is 3.95. The zero-order valence-electron chi connectivity index (χ0n) is 16.1. The van der Waals surface area contributed by atoms with Crippen LogP contribution in [0.4, 0.5) is 0 Å². The lowest BCUT2D eigenvalue weighted by Crippen LogP contribution is -2.35. The van der Waals surface area contributed by atoms with Gasteiger partial charge in [0.05, 0.1) is 20.3 Å². The van der Waals surface area contributed by atoms with Gasteiger partial charge >= 0.3 is 0 Å². The average Bonchev–Trinajstić information content (AvgIpc) is 3.43. The van der Waals surface area contributed by atoms with Crippen LogP contribution in [0.1, 0.15) is 42.5 Å². The first-order valence-electron chi connectivity index (χ1n) is 9.51. The van der Waals surface area contributed by atoms with Gasteiger partial charge < -0.3 is 19.2 Å². The number of carbonyl (C=O) groups is 1. The molecule has 0 N–H and O–H groups in total. The van der Waals surface area contributed by atoms with Crippen LogP contribution in [0.15, 0.2) is 53.7 Å². The van der Waals surface area contributed by atoms with Crippen molar-refractivity contribution in [3.05, 3.63) is 59.7 Å². The quantitative estimate of drug-likeness (QED) is 0.790. The number of nitrogens with zero attached hydrogens (tertiary/aromatic N) is 2. The maximum Gasteiger partial charge on any atom is 0.272 e. The fourth-order valence-corrected chi connectivity index (χ4v) is 3.95. The summed E-state index contributed by atoms with van der Waals surface area (Å²) in [5, 5.41) is 4.11. The Bertz CT molecular complexity index is 881. The summed E-state index contributed by atoms with van der Waals surface area (Å²) in [6.07, 6.45) is 2.10. The van der Waals surface area contributed by atoms with Gasteiger partial charge in [0.25, 0.3) is 5.91 Å². The molecule has 1 amide bonds. The van der Waals surface area contributed by atoms with Gasteiger partial charge in [-0.2, -0.15) is 0 Å². The van der Waals surface area contributed by atoms with Crippen molar-refractivity contribution >= 4 is 11.6 Å². The largest absolute Gasteiger partial charge is 0.497 e. The zero-order valence-corrected chi connectivity index (χ0v) is 16.1. The van der Waals surface area contributed by atoms with Crippen molar-refractivity contribution in [2.75, 3.05) is 20.8 Å². The third-order valence-corrected chi connectivity index (χ3v) is 5.40. The Morgan fingerprint density at radius 1 is 1.14 bits per heavy atom. The van der Waals surface area contributed by atoms with Crippen LogP contribution in [0, 0.1) is 0 Å². The molecule has 2 heterocycles. The molecule has 4 rings (SSSR count). The molecule has 2 aromatic carbocycles. The van der Waals surface area contributed by atoms with Crippen LogP contribution >= 0.6 is 0 Å². The Morgan fingerprint density at radius 3 is 2.71 bits per heavy atom. The smallest absolute Gasteiger partial charge is 0.272 e. The molecule has 0 radical (unpaired) electrons. The van der Waals surface area contributed by atoms with Crippen LogP contribution < -0.4 is 9.47 Å². The summed E-state index contributed by atoms with van der Waals surface area (Å²) in [7, 11) is 3.28. The van der Waals surface area contributed by atoms with Gasteiger partial charge in [0.2, 0.25) is 0 Å². The molecule has 1 fully saturated rings. The third kappa shape index (κ3) is 3.42. The predicted molar refractivity (Wildman–Crippen MR) is 106 cm³/mol. The van der Waals surface area contributed by atoms with Crippen LogP contribution in [-0.4, -0.2) is 37.3 Å². The molecule has 0 aromatic heterocycles. The fraction of sp³-hybridized carbons (Fsp3) is 0.364. The number of amides is 1. The van der Waals surface area contributed by atoms with Crippen molar-refractivity contribution < 1.29 is 19.1 Å². The summed E-state index contributed by atoms with van der Waals surface area (Å²) < 4.78 is 10.9. The molecular formula is C22H24N2O4. The average molecular weight is 380 g/mol. The SMILES string of the molecule is COc1ccc(OC)c(C2CCCN2C(=O)C2=NOC(c3ccccc3)C2)c1. The predicted octanol–water partition coefficient (Wildman–Crippen LogP) is 3.88. The summed E-state index contributed by atoms with van der Waals surface area (Å²) in [5.74, 6) is 1.45. The summed E-state index contributed by atoms with van der Waals surface area (Å²) in [5.41, 5.74) is 2.47. The van der Waals surface area contributed by atoms with E-state index in [0.29, 0.717) is 18.7 Å². The van der Waals surface area contributed by atoms with Crippen molar-refractivity contribution in [2.45, 2.75) is 31.4 Å². The molecule has 2 atom stereocenters. The van der Waals surface area contributed by atoms with E-state index >= 15 is 0 Å². The lowest BCUT2D eigenvalue weighted by Gasteiger charge is -2.26. The maximum absolute atomic E-state index is 13.2. The van der Waals surface area contributed by atoms with Crippen molar-refractivity contribution in [1.29, 1.82) is 0 Å². The maximum atomic E-state index is 13.2. The topological polar surface area (TPSA) is 60.4 Å². The number of ether oxygens (including phenoxy) is 2. The minimum absolute atomic E-state index is 0.0592. The Labute approximate surface area is 164 Å². The van der Waals surface area contributed by atoms with E-state index in [9.17, 15) is 4.79 Å². The van der Waals surface area contributed by atoms with E-state index in [4.69, 9.17) is 14.3 Å². The second-order valence-corrected chi connectivity index (χ2v) is 7.01. The molecule has 6 heteroatoms. The molecule has 2 aromatic rings. The van der Waals surface area contributed by atoms with E-state index in [2.05, 4.69) is 5.16 Å². The van der Waals surface area contributed by atoms with Gasteiger partial charge in [-0.15, -0.1) is 0 Å². The first-order chi connectivity index (χ1) is 13.7. The molecule has 2 aliphatic rings. The normalized spacial score (nSPS) is 21.2. The highest BCUT2D eigenvalue weighted by molar-refractivity contribution is 6.39. The van der Waals surface area contributed by atoms with Gasteiger partial charge in [0, 0.05) is 18.5 Å². The number of rotatable bonds is 5. The van der Waals surface area contributed by atoms with Crippen LogP contribution in [0.3, 0.4) is 0 Å². The molecule has 0 aliphatic carbocycles. The Balaban J connectivity index is 1.54. The third-order valence-electron chi connectivity index (χ3n) is 5.40. The second kappa shape index (κ2) is 7.92. The molecule has 2 aliphatic heterocycles. The van der Waals surface area contributed by atoms with Crippen molar-refractivity contribution in [2.24, 2.45) is 5.16 Å². The van der Waals surface area contributed by atoms with E-state index in [1.807, 2.05) is 53.4 Å². The van der Waals surface area contributed by atoms with E-state index in [0.717, 1.165) is 35.5 Å². The second-order valence-electron chi connectivity index (χ2n) is 7.01. The Hall–Kier alpha value is -3.02. The van der Waals surface area contributed by atoms with Crippen LogP contribution in [0.5, 0.6) is 11.5 Å². The van der Waals surface area contributed by atoms with Crippen LogP contribution in [0.25, 0.3) is 0 Å². The van der Waals surface area contributed by atoms with Gasteiger partial charge in [-0.25, -0.2) is 0 Å². The minimum Gasteiger partial charge on any atom is -0.497 e. The van der Waals surface area contributed by atoms with Gasteiger partial charge in [0.15, 0.2) is 6.10 Å². The molecule has 2 unspecified atom stereocenters. The van der Waals surface area contributed by atoms with Gasteiger partial charge in [-0.1, -0.05) is 35.5 Å². The Morgan fingerprint density at radius 2 is 1.96 bits per heavy atom. The van der Waals surface area contributed by atoms with Crippen molar-refractivity contribution in [3.8, 4) is 11.5 Å². The lowest BCUT2D eigenvalue weighted by atomic mass is 10.0. The molecule has 0 spiro atoms. The highest BCUT2D eigenvalue weighted by Gasteiger charge is 2.37. The number of methoxy groups -OCH3 is 2. The standard InChI is InChI=1S/C22H24N2O4/c1-26-16-10-11-20(27-2)17(13-16)19-9-6-12-24(19)22(25)18-14-21(28-23-18)15-7-4-3-5-8-15/h3-5,7-8,10-11,13,19,21H,6,9,12,14H2,1-2H3. The lowest BCUT2D eigenvalue weighted by molar-refractivity contribution is -0.125. The molecular weight excluding hydrogens is 356 g/mol.